The molecule has 0 saturated carbocycles. The van der Waals surface area contributed by atoms with Gasteiger partial charge in [-0.05, 0) is 24.1 Å². The predicted octanol–water partition coefficient (Wildman–Crippen LogP) is 1.78. The summed E-state index contributed by atoms with van der Waals surface area (Å²) in [6.07, 6.45) is 2.57. The number of H-pyrrole nitrogens is 1. The Hall–Kier alpha value is -1.81. The Morgan fingerprint density at radius 3 is 2.82 bits per heavy atom. The molecule has 1 heterocycles. The molecule has 1 aromatic heterocycles. The zero-order valence-electron chi connectivity index (χ0n) is 10.2. The topological polar surface area (TPSA) is 63.9 Å². The summed E-state index contributed by atoms with van der Waals surface area (Å²) in [5.41, 5.74) is 8.84. The zero-order chi connectivity index (χ0) is 12.3. The highest BCUT2D eigenvalue weighted by Crippen LogP contribution is 2.19. The molecule has 90 valence electrons. The minimum absolute atomic E-state index is 0.495. The first-order valence-electron chi connectivity index (χ1n) is 5.59. The van der Waals surface area contributed by atoms with E-state index in [9.17, 15) is 0 Å². The Kier molecular flexibility index (Phi) is 3.44. The molecule has 2 aromatic rings. The van der Waals surface area contributed by atoms with E-state index in [0.29, 0.717) is 6.54 Å². The summed E-state index contributed by atoms with van der Waals surface area (Å²) in [5, 5.41) is 0. The van der Waals surface area contributed by atoms with E-state index < -0.39 is 0 Å². The molecule has 0 fully saturated rings. The molecule has 0 amide bonds. The lowest BCUT2D eigenvalue weighted by molar-refractivity contribution is 0.411. The summed E-state index contributed by atoms with van der Waals surface area (Å²) in [6, 6.07) is 6.15. The molecule has 4 nitrogen and oxygen atoms in total. The molecule has 0 aliphatic carbocycles. The standard InChI is InChI=1S/C13H17N3O/c1-9-5-10(3-4-12(9)17-2)6-13-15-8-11(7-14)16-13/h3-5,8H,6-7,14H2,1-2H3,(H,15,16). The molecule has 0 aliphatic rings. The molecule has 17 heavy (non-hydrogen) atoms. The average molecular weight is 231 g/mol. The van der Waals surface area contributed by atoms with Crippen LogP contribution in [-0.4, -0.2) is 17.1 Å². The Balaban J connectivity index is 2.15. The van der Waals surface area contributed by atoms with Crippen molar-refractivity contribution in [1.82, 2.24) is 9.97 Å². The molecule has 2 rings (SSSR count). The van der Waals surface area contributed by atoms with Crippen molar-refractivity contribution in [2.45, 2.75) is 19.9 Å². The first kappa shape index (κ1) is 11.7. The van der Waals surface area contributed by atoms with Crippen molar-refractivity contribution in [2.75, 3.05) is 7.11 Å². The van der Waals surface area contributed by atoms with E-state index in [2.05, 4.69) is 22.1 Å². The number of nitrogens with two attached hydrogens (primary N) is 1. The molecule has 0 aliphatic heterocycles. The molecule has 0 unspecified atom stereocenters. The fraction of sp³-hybridized carbons (Fsp3) is 0.308. The lowest BCUT2D eigenvalue weighted by atomic mass is 10.1. The van der Waals surface area contributed by atoms with Crippen LogP contribution in [0.1, 0.15) is 22.6 Å². The van der Waals surface area contributed by atoms with E-state index in [1.54, 1.807) is 13.3 Å². The normalized spacial score (nSPS) is 10.5. The van der Waals surface area contributed by atoms with Gasteiger partial charge in [0.15, 0.2) is 0 Å². The van der Waals surface area contributed by atoms with Gasteiger partial charge in [-0.25, -0.2) is 4.98 Å². The van der Waals surface area contributed by atoms with Crippen LogP contribution in [-0.2, 0) is 13.0 Å². The second-order valence-electron chi connectivity index (χ2n) is 4.04. The Morgan fingerprint density at radius 2 is 2.24 bits per heavy atom. The largest absolute Gasteiger partial charge is 0.496 e. The lowest BCUT2D eigenvalue weighted by Gasteiger charge is -2.06. The zero-order valence-corrected chi connectivity index (χ0v) is 10.2. The van der Waals surface area contributed by atoms with E-state index in [-0.39, 0.29) is 0 Å². The SMILES string of the molecule is COc1ccc(Cc2ncc(CN)[nH]2)cc1C. The fourth-order valence-corrected chi connectivity index (χ4v) is 1.84. The van der Waals surface area contributed by atoms with Crippen molar-refractivity contribution in [3.05, 3.63) is 47.0 Å². The van der Waals surface area contributed by atoms with E-state index in [0.717, 1.165) is 29.3 Å². The van der Waals surface area contributed by atoms with E-state index in [1.165, 1.54) is 5.56 Å². The molecule has 0 bridgehead atoms. The number of benzene rings is 1. The van der Waals surface area contributed by atoms with Gasteiger partial charge in [-0.1, -0.05) is 12.1 Å². The van der Waals surface area contributed by atoms with Crippen molar-refractivity contribution in [1.29, 1.82) is 0 Å². The van der Waals surface area contributed by atoms with Gasteiger partial charge in [0.2, 0.25) is 0 Å². The van der Waals surface area contributed by atoms with Crippen molar-refractivity contribution in [2.24, 2.45) is 5.73 Å². The van der Waals surface area contributed by atoms with Crippen LogP contribution in [0.4, 0.5) is 0 Å². The summed E-state index contributed by atoms with van der Waals surface area (Å²) >= 11 is 0. The van der Waals surface area contributed by atoms with Crippen LogP contribution in [0.5, 0.6) is 5.75 Å². The third-order valence-electron chi connectivity index (χ3n) is 2.73. The minimum Gasteiger partial charge on any atom is -0.496 e. The first-order chi connectivity index (χ1) is 8.22. The summed E-state index contributed by atoms with van der Waals surface area (Å²) in [7, 11) is 1.68. The summed E-state index contributed by atoms with van der Waals surface area (Å²) in [6.45, 7) is 2.53. The van der Waals surface area contributed by atoms with E-state index >= 15 is 0 Å². The van der Waals surface area contributed by atoms with Gasteiger partial charge in [0.05, 0.1) is 7.11 Å². The lowest BCUT2D eigenvalue weighted by Crippen LogP contribution is -1.97. The predicted molar refractivity (Wildman–Crippen MR) is 67.0 cm³/mol. The maximum absolute atomic E-state index is 5.53. The van der Waals surface area contributed by atoms with Crippen molar-refractivity contribution in [3.63, 3.8) is 0 Å². The van der Waals surface area contributed by atoms with Crippen LogP contribution in [0.25, 0.3) is 0 Å². The monoisotopic (exact) mass is 231 g/mol. The number of ether oxygens (including phenoxy) is 1. The van der Waals surface area contributed by atoms with Gasteiger partial charge in [-0.2, -0.15) is 0 Å². The van der Waals surface area contributed by atoms with Gasteiger partial charge in [0.1, 0.15) is 11.6 Å². The quantitative estimate of drug-likeness (QED) is 0.843. The summed E-state index contributed by atoms with van der Waals surface area (Å²) in [4.78, 5) is 7.48. The van der Waals surface area contributed by atoms with Gasteiger partial charge in [-0.15, -0.1) is 0 Å². The van der Waals surface area contributed by atoms with Crippen molar-refractivity contribution in [3.8, 4) is 5.75 Å². The molecular weight excluding hydrogens is 214 g/mol. The van der Waals surface area contributed by atoms with Crippen LogP contribution in [0.3, 0.4) is 0 Å². The smallest absolute Gasteiger partial charge is 0.121 e. The highest BCUT2D eigenvalue weighted by Gasteiger charge is 2.04. The van der Waals surface area contributed by atoms with Gasteiger partial charge in [0.25, 0.3) is 0 Å². The molecular formula is C13H17N3O. The number of nitrogens with zero attached hydrogens (tertiary/aromatic N) is 1. The summed E-state index contributed by atoms with van der Waals surface area (Å²) in [5.74, 6) is 1.85. The fourth-order valence-electron chi connectivity index (χ4n) is 1.84. The maximum atomic E-state index is 5.53. The van der Waals surface area contributed by atoms with E-state index in [4.69, 9.17) is 10.5 Å². The average Bonchev–Trinajstić information content (AvgIpc) is 2.77. The first-order valence-corrected chi connectivity index (χ1v) is 5.59. The number of nitrogens with one attached hydrogen (secondary N) is 1. The molecule has 4 heteroatoms. The van der Waals surface area contributed by atoms with Crippen molar-refractivity contribution >= 4 is 0 Å². The van der Waals surface area contributed by atoms with Gasteiger partial charge in [0, 0.05) is 24.9 Å². The molecule has 0 atom stereocenters. The van der Waals surface area contributed by atoms with Gasteiger partial charge >= 0.3 is 0 Å². The molecule has 0 saturated heterocycles. The molecule has 1 aromatic carbocycles. The Morgan fingerprint density at radius 1 is 1.41 bits per heavy atom. The van der Waals surface area contributed by atoms with Crippen LogP contribution in [0, 0.1) is 6.92 Å². The third kappa shape index (κ3) is 2.65. The van der Waals surface area contributed by atoms with Crippen molar-refractivity contribution < 1.29 is 4.74 Å². The van der Waals surface area contributed by atoms with Crippen LogP contribution in [0.2, 0.25) is 0 Å². The van der Waals surface area contributed by atoms with Crippen LogP contribution < -0.4 is 10.5 Å². The molecule has 3 N–H and O–H groups in total. The maximum Gasteiger partial charge on any atom is 0.121 e. The number of hydrogen-bond donors (Lipinski definition) is 2. The van der Waals surface area contributed by atoms with E-state index in [1.807, 2.05) is 13.0 Å². The second kappa shape index (κ2) is 5.01. The highest BCUT2D eigenvalue weighted by molar-refractivity contribution is 5.37. The third-order valence-corrected chi connectivity index (χ3v) is 2.73. The highest BCUT2D eigenvalue weighted by atomic mass is 16.5. The number of aromatic nitrogens is 2. The number of aromatic amines is 1. The Bertz CT molecular complexity index is 505. The number of methoxy groups -OCH3 is 1. The number of rotatable bonds is 4. The van der Waals surface area contributed by atoms with Crippen LogP contribution in [0.15, 0.2) is 24.4 Å². The van der Waals surface area contributed by atoms with Gasteiger partial charge in [-0.3, -0.25) is 0 Å². The number of aryl methyl sites for hydroxylation is 1. The molecule has 0 radical (unpaired) electrons. The van der Waals surface area contributed by atoms with Gasteiger partial charge < -0.3 is 15.5 Å². The Labute approximate surface area is 101 Å². The van der Waals surface area contributed by atoms with Crippen LogP contribution >= 0.6 is 0 Å². The summed E-state index contributed by atoms with van der Waals surface area (Å²) < 4.78 is 5.23. The minimum atomic E-state index is 0.495. The second-order valence-corrected chi connectivity index (χ2v) is 4.04. The number of imidazole rings is 1. The molecule has 0 spiro atoms. The number of hydrogen-bond acceptors (Lipinski definition) is 3.